The van der Waals surface area contributed by atoms with E-state index in [9.17, 15) is 14.4 Å². The highest BCUT2D eigenvalue weighted by molar-refractivity contribution is 6.21. The normalized spacial score (nSPS) is 15.1. The number of benzene rings is 1. The topological polar surface area (TPSA) is 92.5 Å². The van der Waals surface area contributed by atoms with E-state index in [1.165, 1.54) is 13.1 Å². The molecule has 0 saturated heterocycles. The van der Waals surface area contributed by atoms with Gasteiger partial charge in [0, 0.05) is 25.2 Å². The van der Waals surface area contributed by atoms with Gasteiger partial charge in [0.1, 0.15) is 0 Å². The summed E-state index contributed by atoms with van der Waals surface area (Å²) in [5.41, 5.74) is 7.00. The predicted octanol–water partition coefficient (Wildman–Crippen LogP) is 1.37. The van der Waals surface area contributed by atoms with Gasteiger partial charge in [0.25, 0.3) is 11.8 Å². The van der Waals surface area contributed by atoms with E-state index >= 15 is 0 Å². The molecule has 0 bridgehead atoms. The molecule has 6 nitrogen and oxygen atoms in total. The van der Waals surface area contributed by atoms with Gasteiger partial charge in [-0.05, 0) is 24.6 Å². The van der Waals surface area contributed by atoms with Gasteiger partial charge in [-0.15, -0.1) is 0 Å². The molecule has 6 heteroatoms. The lowest BCUT2D eigenvalue weighted by Gasteiger charge is -2.11. The number of carbonyl (C=O) groups is 3. The minimum atomic E-state index is -0.353. The lowest BCUT2D eigenvalue weighted by molar-refractivity contribution is -0.116. The summed E-state index contributed by atoms with van der Waals surface area (Å²) < 4.78 is 0. The van der Waals surface area contributed by atoms with Crippen molar-refractivity contribution in [2.24, 2.45) is 5.73 Å². The van der Waals surface area contributed by atoms with E-state index in [0.29, 0.717) is 16.8 Å². The molecule has 1 aliphatic heterocycles. The number of anilines is 1. The second-order valence-electron chi connectivity index (χ2n) is 5.23. The van der Waals surface area contributed by atoms with Crippen LogP contribution in [0.15, 0.2) is 18.2 Å². The van der Waals surface area contributed by atoms with Crippen LogP contribution in [0.2, 0.25) is 0 Å². The molecule has 21 heavy (non-hydrogen) atoms. The number of nitrogens with one attached hydrogen (secondary N) is 1. The highest BCUT2D eigenvalue weighted by atomic mass is 16.2. The molecule has 0 saturated carbocycles. The number of rotatable bonds is 5. The fourth-order valence-electron chi connectivity index (χ4n) is 2.36. The SMILES string of the molecule is CCCC(N)CC(=O)Nc1ccc2c(c1)C(=O)N(C)C2=O. The summed E-state index contributed by atoms with van der Waals surface area (Å²) in [6, 6.07) is 4.54. The van der Waals surface area contributed by atoms with Crippen LogP contribution in [-0.2, 0) is 4.79 Å². The number of imide groups is 1. The number of fused-ring (bicyclic) bond motifs is 1. The van der Waals surface area contributed by atoms with Crippen molar-refractivity contribution in [3.63, 3.8) is 0 Å². The summed E-state index contributed by atoms with van der Waals surface area (Å²) in [4.78, 5) is 36.6. The molecule has 3 amide bonds. The van der Waals surface area contributed by atoms with Crippen LogP contribution in [0.25, 0.3) is 0 Å². The molecule has 1 atom stereocenters. The largest absolute Gasteiger partial charge is 0.327 e. The molecule has 0 aliphatic carbocycles. The van der Waals surface area contributed by atoms with Gasteiger partial charge in [-0.2, -0.15) is 0 Å². The van der Waals surface area contributed by atoms with Crippen molar-refractivity contribution in [3.8, 4) is 0 Å². The lowest BCUT2D eigenvalue weighted by atomic mass is 10.1. The predicted molar refractivity (Wildman–Crippen MR) is 79.0 cm³/mol. The Kier molecular flexibility index (Phi) is 4.37. The van der Waals surface area contributed by atoms with Gasteiger partial charge in [-0.25, -0.2) is 0 Å². The van der Waals surface area contributed by atoms with Crippen LogP contribution in [-0.4, -0.2) is 35.7 Å². The first-order valence-corrected chi connectivity index (χ1v) is 6.96. The smallest absolute Gasteiger partial charge is 0.261 e. The summed E-state index contributed by atoms with van der Waals surface area (Å²) >= 11 is 0. The van der Waals surface area contributed by atoms with Gasteiger partial charge in [-0.1, -0.05) is 13.3 Å². The van der Waals surface area contributed by atoms with Crippen molar-refractivity contribution >= 4 is 23.4 Å². The Balaban J connectivity index is 2.09. The Morgan fingerprint density at radius 1 is 1.29 bits per heavy atom. The molecule has 1 aromatic carbocycles. The molecule has 0 radical (unpaired) electrons. The first kappa shape index (κ1) is 15.2. The number of hydrogen-bond acceptors (Lipinski definition) is 4. The molecule has 1 aliphatic rings. The fourth-order valence-corrected chi connectivity index (χ4v) is 2.36. The van der Waals surface area contributed by atoms with Crippen LogP contribution in [0.1, 0.15) is 46.9 Å². The molecular formula is C15H19N3O3. The van der Waals surface area contributed by atoms with Crippen molar-refractivity contribution in [1.82, 2.24) is 4.90 Å². The van der Waals surface area contributed by atoms with E-state index in [-0.39, 0.29) is 30.2 Å². The van der Waals surface area contributed by atoms with Crippen molar-refractivity contribution in [1.29, 1.82) is 0 Å². The molecule has 0 fully saturated rings. The van der Waals surface area contributed by atoms with Gasteiger partial charge >= 0.3 is 0 Å². The minimum Gasteiger partial charge on any atom is -0.327 e. The van der Waals surface area contributed by atoms with Crippen LogP contribution in [0.4, 0.5) is 5.69 Å². The quantitative estimate of drug-likeness (QED) is 0.801. The summed E-state index contributed by atoms with van der Waals surface area (Å²) in [5.74, 6) is -0.868. The monoisotopic (exact) mass is 289 g/mol. The maximum atomic E-state index is 11.9. The molecule has 112 valence electrons. The molecule has 0 spiro atoms. The van der Waals surface area contributed by atoms with E-state index < -0.39 is 0 Å². The molecule has 1 heterocycles. The Morgan fingerprint density at radius 2 is 1.95 bits per heavy atom. The van der Waals surface area contributed by atoms with E-state index in [0.717, 1.165) is 17.7 Å². The standard InChI is InChI=1S/C15H19N3O3/c1-3-4-9(16)7-13(19)17-10-5-6-11-12(8-10)15(21)18(2)14(11)20/h5-6,8-9H,3-4,7,16H2,1-2H3,(H,17,19). The minimum absolute atomic E-state index is 0.168. The van der Waals surface area contributed by atoms with Crippen LogP contribution in [0.3, 0.4) is 0 Å². The number of nitrogens with two attached hydrogens (primary N) is 1. The highest BCUT2D eigenvalue weighted by Gasteiger charge is 2.32. The molecule has 0 aromatic heterocycles. The van der Waals surface area contributed by atoms with Gasteiger partial charge in [0.2, 0.25) is 5.91 Å². The average molecular weight is 289 g/mol. The van der Waals surface area contributed by atoms with E-state index in [4.69, 9.17) is 5.73 Å². The third-order valence-electron chi connectivity index (χ3n) is 3.48. The van der Waals surface area contributed by atoms with E-state index in [1.54, 1.807) is 12.1 Å². The number of carbonyl (C=O) groups excluding carboxylic acids is 3. The first-order valence-electron chi connectivity index (χ1n) is 6.96. The van der Waals surface area contributed by atoms with E-state index in [1.807, 2.05) is 6.92 Å². The van der Waals surface area contributed by atoms with Crippen molar-refractivity contribution in [3.05, 3.63) is 29.3 Å². The number of amides is 3. The summed E-state index contributed by atoms with van der Waals surface area (Å²) in [6.07, 6.45) is 1.95. The Morgan fingerprint density at radius 3 is 2.62 bits per heavy atom. The summed E-state index contributed by atoms with van der Waals surface area (Å²) in [7, 11) is 1.44. The highest BCUT2D eigenvalue weighted by Crippen LogP contribution is 2.24. The molecule has 2 rings (SSSR count). The van der Waals surface area contributed by atoms with Crippen LogP contribution in [0.5, 0.6) is 0 Å². The zero-order chi connectivity index (χ0) is 15.6. The van der Waals surface area contributed by atoms with Gasteiger partial charge < -0.3 is 11.1 Å². The number of hydrogen-bond donors (Lipinski definition) is 2. The third kappa shape index (κ3) is 3.11. The molecule has 1 aromatic rings. The van der Waals surface area contributed by atoms with Crippen molar-refractivity contribution < 1.29 is 14.4 Å². The van der Waals surface area contributed by atoms with Crippen molar-refractivity contribution in [2.45, 2.75) is 32.2 Å². The van der Waals surface area contributed by atoms with Crippen LogP contribution < -0.4 is 11.1 Å². The molecular weight excluding hydrogens is 270 g/mol. The van der Waals surface area contributed by atoms with Crippen LogP contribution in [0, 0.1) is 0 Å². The third-order valence-corrected chi connectivity index (χ3v) is 3.48. The van der Waals surface area contributed by atoms with Gasteiger partial charge in [0.05, 0.1) is 11.1 Å². The first-order chi connectivity index (χ1) is 9.93. The summed E-state index contributed by atoms with van der Waals surface area (Å²) in [5, 5.41) is 2.71. The average Bonchev–Trinajstić information content (AvgIpc) is 2.64. The van der Waals surface area contributed by atoms with Crippen molar-refractivity contribution in [2.75, 3.05) is 12.4 Å². The fraction of sp³-hybridized carbons (Fsp3) is 0.400. The van der Waals surface area contributed by atoms with Crippen LogP contribution >= 0.6 is 0 Å². The molecule has 1 unspecified atom stereocenters. The zero-order valence-electron chi connectivity index (χ0n) is 12.2. The Labute approximate surface area is 123 Å². The summed E-state index contributed by atoms with van der Waals surface area (Å²) in [6.45, 7) is 2.01. The lowest BCUT2D eigenvalue weighted by Crippen LogP contribution is -2.26. The Hall–Kier alpha value is -2.21. The number of nitrogens with zero attached hydrogens (tertiary/aromatic N) is 1. The maximum Gasteiger partial charge on any atom is 0.261 e. The second kappa shape index (κ2) is 6.05. The van der Waals surface area contributed by atoms with Gasteiger partial charge in [0.15, 0.2) is 0 Å². The second-order valence-corrected chi connectivity index (χ2v) is 5.23. The Bertz CT molecular complexity index is 598. The maximum absolute atomic E-state index is 11.9. The molecule has 3 N–H and O–H groups in total. The van der Waals surface area contributed by atoms with Gasteiger partial charge in [-0.3, -0.25) is 19.3 Å². The van der Waals surface area contributed by atoms with E-state index in [2.05, 4.69) is 5.32 Å². The zero-order valence-corrected chi connectivity index (χ0v) is 12.2.